The summed E-state index contributed by atoms with van der Waals surface area (Å²) in [5.41, 5.74) is 8.31. The van der Waals surface area contributed by atoms with Gasteiger partial charge in [0.05, 0.1) is 5.69 Å². The van der Waals surface area contributed by atoms with Crippen molar-refractivity contribution in [3.63, 3.8) is 0 Å². The number of nitrogens with zero attached hydrogens (tertiary/aromatic N) is 3. The van der Waals surface area contributed by atoms with Crippen LogP contribution in [-0.4, -0.2) is 28.3 Å². The number of hydrogen-bond donors (Lipinski definition) is 1. The highest BCUT2D eigenvalue weighted by molar-refractivity contribution is 5.42. The van der Waals surface area contributed by atoms with Crippen molar-refractivity contribution in [3.8, 4) is 0 Å². The van der Waals surface area contributed by atoms with Crippen molar-refractivity contribution >= 4 is 5.82 Å². The van der Waals surface area contributed by atoms with Crippen LogP contribution < -0.4 is 5.73 Å². The normalized spacial score (nSPS) is 17.6. The first-order valence-electron chi connectivity index (χ1n) is 7.04. The molecule has 18 heavy (non-hydrogen) atoms. The molecule has 1 heterocycles. The van der Waals surface area contributed by atoms with Crippen LogP contribution in [0.4, 0.5) is 5.82 Å². The first kappa shape index (κ1) is 13.4. The standard InChI is InChI=1S/C14H26N4/c1-11-13(14(15)18(3)16-11)10-17(2)9-12-7-5-4-6-8-12/h12H,4-10,15H2,1-3H3. The van der Waals surface area contributed by atoms with Crippen LogP contribution in [0.1, 0.15) is 43.4 Å². The molecule has 0 bridgehead atoms. The number of aromatic nitrogens is 2. The lowest BCUT2D eigenvalue weighted by molar-refractivity contribution is 0.228. The van der Waals surface area contributed by atoms with E-state index in [1.807, 2.05) is 14.0 Å². The van der Waals surface area contributed by atoms with E-state index in [0.29, 0.717) is 0 Å². The third-order valence-electron chi connectivity index (χ3n) is 4.12. The highest BCUT2D eigenvalue weighted by Gasteiger charge is 2.17. The maximum absolute atomic E-state index is 6.06. The molecule has 0 aliphatic heterocycles. The second-order valence-electron chi connectivity index (χ2n) is 5.77. The molecule has 1 aliphatic rings. The summed E-state index contributed by atoms with van der Waals surface area (Å²) in [7, 11) is 4.10. The molecule has 1 fully saturated rings. The van der Waals surface area contributed by atoms with Gasteiger partial charge in [0.1, 0.15) is 5.82 Å². The second-order valence-corrected chi connectivity index (χ2v) is 5.77. The molecule has 1 aliphatic carbocycles. The summed E-state index contributed by atoms with van der Waals surface area (Å²) in [5, 5.41) is 4.38. The number of nitrogen functional groups attached to an aromatic ring is 1. The lowest BCUT2D eigenvalue weighted by atomic mass is 9.89. The third-order valence-corrected chi connectivity index (χ3v) is 4.12. The number of rotatable bonds is 4. The van der Waals surface area contributed by atoms with E-state index in [-0.39, 0.29) is 0 Å². The fourth-order valence-electron chi connectivity index (χ4n) is 3.06. The van der Waals surface area contributed by atoms with Gasteiger partial charge in [-0.3, -0.25) is 4.68 Å². The van der Waals surface area contributed by atoms with Gasteiger partial charge in [-0.15, -0.1) is 0 Å². The van der Waals surface area contributed by atoms with Crippen molar-refractivity contribution in [1.29, 1.82) is 0 Å². The summed E-state index contributed by atoms with van der Waals surface area (Å²) in [6, 6.07) is 0. The van der Waals surface area contributed by atoms with Gasteiger partial charge in [-0.1, -0.05) is 19.3 Å². The fourth-order valence-corrected chi connectivity index (χ4v) is 3.06. The molecule has 2 rings (SSSR count). The van der Waals surface area contributed by atoms with Crippen LogP contribution in [0.15, 0.2) is 0 Å². The van der Waals surface area contributed by atoms with E-state index in [1.54, 1.807) is 4.68 Å². The average Bonchev–Trinajstić information content (AvgIpc) is 2.57. The molecular formula is C14H26N4. The second kappa shape index (κ2) is 5.74. The summed E-state index contributed by atoms with van der Waals surface area (Å²) >= 11 is 0. The van der Waals surface area contributed by atoms with Crippen LogP contribution in [0.5, 0.6) is 0 Å². The van der Waals surface area contributed by atoms with E-state index in [9.17, 15) is 0 Å². The van der Waals surface area contributed by atoms with Crippen molar-refractivity contribution in [1.82, 2.24) is 14.7 Å². The van der Waals surface area contributed by atoms with Crippen LogP contribution >= 0.6 is 0 Å². The minimum absolute atomic E-state index is 0.808. The Morgan fingerprint density at radius 3 is 2.56 bits per heavy atom. The minimum atomic E-state index is 0.808. The van der Waals surface area contributed by atoms with Gasteiger partial charge in [-0.2, -0.15) is 5.10 Å². The van der Waals surface area contributed by atoms with Crippen molar-refractivity contribution in [3.05, 3.63) is 11.3 Å². The zero-order valence-electron chi connectivity index (χ0n) is 11.9. The van der Waals surface area contributed by atoms with Gasteiger partial charge in [-0.25, -0.2) is 0 Å². The number of hydrogen-bond acceptors (Lipinski definition) is 3. The van der Waals surface area contributed by atoms with E-state index in [2.05, 4.69) is 17.0 Å². The Morgan fingerprint density at radius 2 is 2.00 bits per heavy atom. The van der Waals surface area contributed by atoms with Crippen LogP contribution in [0.2, 0.25) is 0 Å². The van der Waals surface area contributed by atoms with Gasteiger partial charge in [-0.05, 0) is 32.7 Å². The van der Waals surface area contributed by atoms with Crippen molar-refractivity contribution in [2.24, 2.45) is 13.0 Å². The Kier molecular flexibility index (Phi) is 4.27. The van der Waals surface area contributed by atoms with E-state index in [4.69, 9.17) is 5.73 Å². The van der Waals surface area contributed by atoms with Crippen molar-refractivity contribution in [2.75, 3.05) is 19.3 Å². The third kappa shape index (κ3) is 3.05. The molecule has 0 radical (unpaired) electrons. The molecule has 0 unspecified atom stereocenters. The van der Waals surface area contributed by atoms with Crippen LogP contribution in [0.3, 0.4) is 0 Å². The predicted molar refractivity (Wildman–Crippen MR) is 75.3 cm³/mol. The molecule has 102 valence electrons. The zero-order valence-corrected chi connectivity index (χ0v) is 11.9. The Bertz CT molecular complexity index is 391. The molecule has 1 aromatic heterocycles. The molecule has 1 saturated carbocycles. The molecule has 4 heteroatoms. The largest absolute Gasteiger partial charge is 0.384 e. The van der Waals surface area contributed by atoms with E-state index in [1.165, 1.54) is 44.2 Å². The number of nitrogens with two attached hydrogens (primary N) is 1. The summed E-state index contributed by atoms with van der Waals surface area (Å²) in [5.74, 6) is 1.69. The number of anilines is 1. The Labute approximate surface area is 110 Å². The number of aryl methyl sites for hydroxylation is 2. The Hall–Kier alpha value is -1.03. The molecule has 1 aromatic rings. The minimum Gasteiger partial charge on any atom is -0.384 e. The SMILES string of the molecule is Cc1nn(C)c(N)c1CN(C)CC1CCCCC1. The van der Waals surface area contributed by atoms with Gasteiger partial charge < -0.3 is 10.6 Å². The highest BCUT2D eigenvalue weighted by atomic mass is 15.3. The topological polar surface area (TPSA) is 47.1 Å². The molecule has 0 saturated heterocycles. The predicted octanol–water partition coefficient (Wildman–Crippen LogP) is 2.32. The first-order valence-corrected chi connectivity index (χ1v) is 7.04. The summed E-state index contributed by atoms with van der Waals surface area (Å²) in [6.07, 6.45) is 7.03. The van der Waals surface area contributed by atoms with Gasteiger partial charge in [0.15, 0.2) is 0 Å². The van der Waals surface area contributed by atoms with Gasteiger partial charge in [0, 0.05) is 25.7 Å². The van der Waals surface area contributed by atoms with Crippen LogP contribution in [0.25, 0.3) is 0 Å². The molecule has 4 nitrogen and oxygen atoms in total. The molecule has 0 atom stereocenters. The van der Waals surface area contributed by atoms with Gasteiger partial charge in [0.2, 0.25) is 0 Å². The molecular weight excluding hydrogens is 224 g/mol. The van der Waals surface area contributed by atoms with Crippen molar-refractivity contribution in [2.45, 2.75) is 45.6 Å². The lowest BCUT2D eigenvalue weighted by Gasteiger charge is -2.27. The van der Waals surface area contributed by atoms with Crippen LogP contribution in [-0.2, 0) is 13.6 Å². The summed E-state index contributed by atoms with van der Waals surface area (Å²) in [4.78, 5) is 2.40. The molecule has 2 N–H and O–H groups in total. The molecule has 0 amide bonds. The molecule has 0 spiro atoms. The van der Waals surface area contributed by atoms with Gasteiger partial charge >= 0.3 is 0 Å². The maximum atomic E-state index is 6.06. The maximum Gasteiger partial charge on any atom is 0.126 e. The fraction of sp³-hybridized carbons (Fsp3) is 0.786. The monoisotopic (exact) mass is 250 g/mol. The zero-order chi connectivity index (χ0) is 13.1. The van der Waals surface area contributed by atoms with Gasteiger partial charge in [0.25, 0.3) is 0 Å². The quantitative estimate of drug-likeness (QED) is 0.892. The smallest absolute Gasteiger partial charge is 0.126 e. The van der Waals surface area contributed by atoms with E-state index >= 15 is 0 Å². The molecule has 0 aromatic carbocycles. The summed E-state index contributed by atoms with van der Waals surface area (Å²) in [6.45, 7) is 4.15. The van der Waals surface area contributed by atoms with E-state index in [0.717, 1.165) is 24.0 Å². The Morgan fingerprint density at radius 1 is 1.33 bits per heavy atom. The first-order chi connectivity index (χ1) is 8.58. The lowest BCUT2D eigenvalue weighted by Crippen LogP contribution is -2.27. The van der Waals surface area contributed by atoms with Crippen molar-refractivity contribution < 1.29 is 0 Å². The highest BCUT2D eigenvalue weighted by Crippen LogP contribution is 2.25. The summed E-state index contributed by atoms with van der Waals surface area (Å²) < 4.78 is 1.78. The van der Waals surface area contributed by atoms with Crippen LogP contribution in [0, 0.1) is 12.8 Å². The average molecular weight is 250 g/mol. The van der Waals surface area contributed by atoms with E-state index < -0.39 is 0 Å². The Balaban J connectivity index is 1.91.